The van der Waals surface area contributed by atoms with E-state index in [-0.39, 0.29) is 5.91 Å². The van der Waals surface area contributed by atoms with Gasteiger partial charge in [0, 0.05) is 25.0 Å². The zero-order valence-electron chi connectivity index (χ0n) is 10.9. The Labute approximate surface area is 107 Å². The molecule has 0 aliphatic heterocycles. The van der Waals surface area contributed by atoms with Crippen LogP contribution < -0.4 is 0 Å². The highest BCUT2D eigenvalue weighted by atomic mass is 16.2. The second-order valence-corrected chi connectivity index (χ2v) is 4.44. The van der Waals surface area contributed by atoms with Gasteiger partial charge in [0.25, 0.3) is 5.91 Å². The van der Waals surface area contributed by atoms with Gasteiger partial charge in [-0.1, -0.05) is 12.1 Å². The molecule has 1 aromatic heterocycles. The number of benzene rings is 1. The smallest absolute Gasteiger partial charge is 0.254 e. The van der Waals surface area contributed by atoms with Gasteiger partial charge in [-0.15, -0.1) is 0 Å². The maximum absolute atomic E-state index is 12.3. The highest BCUT2D eigenvalue weighted by molar-refractivity contribution is 5.95. The van der Waals surface area contributed by atoms with Crippen molar-refractivity contribution in [3.05, 3.63) is 53.1 Å². The first-order chi connectivity index (χ1) is 8.59. The van der Waals surface area contributed by atoms with Gasteiger partial charge in [-0.2, -0.15) is 0 Å². The Bertz CT molecular complexity index is 546. The highest BCUT2D eigenvalue weighted by Crippen LogP contribution is 2.15. The van der Waals surface area contributed by atoms with E-state index in [4.69, 9.17) is 0 Å². The third kappa shape index (κ3) is 2.42. The molecule has 0 saturated heterocycles. The van der Waals surface area contributed by atoms with E-state index in [2.05, 4.69) is 9.97 Å². The first kappa shape index (κ1) is 12.4. The molecule has 4 heteroatoms. The molecule has 2 rings (SSSR count). The molecule has 0 unspecified atom stereocenters. The van der Waals surface area contributed by atoms with Gasteiger partial charge in [-0.3, -0.25) is 4.79 Å². The van der Waals surface area contributed by atoms with Crippen LogP contribution in [0.4, 0.5) is 0 Å². The van der Waals surface area contributed by atoms with Crippen LogP contribution in [0.1, 0.15) is 27.3 Å². The Morgan fingerprint density at radius 3 is 2.83 bits per heavy atom. The number of nitrogens with zero attached hydrogens (tertiary/aromatic N) is 2. The number of aromatic amines is 1. The summed E-state index contributed by atoms with van der Waals surface area (Å²) in [5.41, 5.74) is 2.92. The molecule has 1 heterocycles. The standard InChI is InChI=1S/C14H17N3O/c1-10-5-4-6-12(11(10)2)14(18)17(3)9-13-15-7-8-16-13/h4-8H,9H2,1-3H3,(H,15,16). The quantitative estimate of drug-likeness (QED) is 0.899. The van der Waals surface area contributed by atoms with Crippen LogP contribution in [0.15, 0.2) is 30.6 Å². The molecule has 4 nitrogen and oxygen atoms in total. The van der Waals surface area contributed by atoms with Gasteiger partial charge in [0.15, 0.2) is 0 Å². The van der Waals surface area contributed by atoms with Crippen molar-refractivity contribution in [2.24, 2.45) is 0 Å². The summed E-state index contributed by atoms with van der Waals surface area (Å²) in [6, 6.07) is 5.79. The van der Waals surface area contributed by atoms with E-state index in [1.165, 1.54) is 0 Å². The molecule has 0 radical (unpaired) electrons. The predicted molar refractivity (Wildman–Crippen MR) is 70.3 cm³/mol. The third-order valence-corrected chi connectivity index (χ3v) is 3.12. The average Bonchev–Trinajstić information content (AvgIpc) is 2.84. The lowest BCUT2D eigenvalue weighted by Gasteiger charge is -2.17. The summed E-state index contributed by atoms with van der Waals surface area (Å²) in [5.74, 6) is 0.809. The number of nitrogens with one attached hydrogen (secondary N) is 1. The maximum atomic E-state index is 12.3. The summed E-state index contributed by atoms with van der Waals surface area (Å²) in [6.45, 7) is 4.47. The summed E-state index contributed by atoms with van der Waals surface area (Å²) >= 11 is 0. The number of hydrogen-bond acceptors (Lipinski definition) is 2. The molecule has 0 atom stereocenters. The number of aryl methyl sites for hydroxylation is 1. The van der Waals surface area contributed by atoms with Crippen molar-refractivity contribution in [1.29, 1.82) is 0 Å². The fourth-order valence-electron chi connectivity index (χ4n) is 1.87. The zero-order chi connectivity index (χ0) is 13.1. The minimum absolute atomic E-state index is 0.0209. The minimum atomic E-state index is 0.0209. The van der Waals surface area contributed by atoms with E-state index < -0.39 is 0 Å². The van der Waals surface area contributed by atoms with Crippen molar-refractivity contribution in [3.8, 4) is 0 Å². The van der Waals surface area contributed by atoms with Crippen LogP contribution in [0.5, 0.6) is 0 Å². The van der Waals surface area contributed by atoms with Crippen molar-refractivity contribution in [3.63, 3.8) is 0 Å². The van der Waals surface area contributed by atoms with Crippen LogP contribution in [-0.4, -0.2) is 27.8 Å². The van der Waals surface area contributed by atoms with Crippen LogP contribution in [0, 0.1) is 13.8 Å². The summed E-state index contributed by atoms with van der Waals surface area (Å²) in [7, 11) is 1.78. The zero-order valence-corrected chi connectivity index (χ0v) is 10.9. The molecule has 0 aliphatic rings. The van der Waals surface area contributed by atoms with Crippen LogP contribution in [0.25, 0.3) is 0 Å². The van der Waals surface area contributed by atoms with E-state index in [0.717, 1.165) is 22.5 Å². The third-order valence-electron chi connectivity index (χ3n) is 3.12. The number of hydrogen-bond donors (Lipinski definition) is 1. The van der Waals surface area contributed by atoms with Crippen molar-refractivity contribution in [1.82, 2.24) is 14.9 Å². The summed E-state index contributed by atoms with van der Waals surface area (Å²) in [5, 5.41) is 0. The van der Waals surface area contributed by atoms with Crippen molar-refractivity contribution in [2.75, 3.05) is 7.05 Å². The highest BCUT2D eigenvalue weighted by Gasteiger charge is 2.15. The summed E-state index contributed by atoms with van der Waals surface area (Å²) in [4.78, 5) is 21.1. The predicted octanol–water partition coefficient (Wildman–Crippen LogP) is 2.30. The number of carbonyl (C=O) groups excluding carboxylic acids is 1. The first-order valence-corrected chi connectivity index (χ1v) is 5.89. The van der Waals surface area contributed by atoms with Crippen molar-refractivity contribution in [2.45, 2.75) is 20.4 Å². The monoisotopic (exact) mass is 243 g/mol. The lowest BCUT2D eigenvalue weighted by atomic mass is 10.0. The molecule has 0 bridgehead atoms. The van der Waals surface area contributed by atoms with Gasteiger partial charge in [0.05, 0.1) is 6.54 Å². The maximum Gasteiger partial charge on any atom is 0.254 e. The molecule has 2 aromatic rings. The number of rotatable bonds is 3. The Morgan fingerprint density at radius 2 is 2.17 bits per heavy atom. The molecule has 1 amide bonds. The molecule has 0 fully saturated rings. The lowest BCUT2D eigenvalue weighted by molar-refractivity contribution is 0.0781. The van der Waals surface area contributed by atoms with Gasteiger partial charge < -0.3 is 9.88 Å². The van der Waals surface area contributed by atoms with E-state index in [1.54, 1.807) is 24.3 Å². The number of aromatic nitrogens is 2. The molecular formula is C14H17N3O. The van der Waals surface area contributed by atoms with Crippen LogP contribution in [0.3, 0.4) is 0 Å². The summed E-state index contributed by atoms with van der Waals surface area (Å²) < 4.78 is 0. The van der Waals surface area contributed by atoms with Crippen LogP contribution in [-0.2, 0) is 6.54 Å². The molecule has 18 heavy (non-hydrogen) atoms. The Kier molecular flexibility index (Phi) is 3.46. The Morgan fingerprint density at radius 1 is 1.39 bits per heavy atom. The molecule has 0 saturated carbocycles. The van der Waals surface area contributed by atoms with Crippen LogP contribution >= 0.6 is 0 Å². The number of H-pyrrole nitrogens is 1. The van der Waals surface area contributed by atoms with Crippen molar-refractivity contribution >= 4 is 5.91 Å². The van der Waals surface area contributed by atoms with E-state index in [9.17, 15) is 4.79 Å². The molecule has 1 aromatic carbocycles. The number of imidazole rings is 1. The fourth-order valence-corrected chi connectivity index (χ4v) is 1.87. The summed E-state index contributed by atoms with van der Waals surface area (Å²) in [6.07, 6.45) is 3.44. The van der Waals surface area contributed by atoms with Gasteiger partial charge >= 0.3 is 0 Å². The number of carbonyl (C=O) groups is 1. The Balaban J connectivity index is 2.18. The molecular weight excluding hydrogens is 226 g/mol. The van der Waals surface area contributed by atoms with Gasteiger partial charge in [-0.25, -0.2) is 4.98 Å². The largest absolute Gasteiger partial charge is 0.347 e. The minimum Gasteiger partial charge on any atom is -0.347 e. The Hall–Kier alpha value is -2.10. The second-order valence-electron chi connectivity index (χ2n) is 4.44. The molecule has 1 N–H and O–H groups in total. The first-order valence-electron chi connectivity index (χ1n) is 5.89. The molecule has 0 aliphatic carbocycles. The van der Waals surface area contributed by atoms with Crippen molar-refractivity contribution < 1.29 is 4.79 Å². The topological polar surface area (TPSA) is 49.0 Å². The van der Waals surface area contributed by atoms with E-state index in [0.29, 0.717) is 6.54 Å². The fraction of sp³-hybridized carbons (Fsp3) is 0.286. The van der Waals surface area contributed by atoms with E-state index >= 15 is 0 Å². The van der Waals surface area contributed by atoms with Gasteiger partial charge in [0.1, 0.15) is 5.82 Å². The van der Waals surface area contributed by atoms with Crippen LogP contribution in [0.2, 0.25) is 0 Å². The van der Waals surface area contributed by atoms with E-state index in [1.807, 2.05) is 32.0 Å². The van der Waals surface area contributed by atoms with Gasteiger partial charge in [0.2, 0.25) is 0 Å². The lowest BCUT2D eigenvalue weighted by Crippen LogP contribution is -2.27. The van der Waals surface area contributed by atoms with Gasteiger partial charge in [-0.05, 0) is 31.0 Å². The SMILES string of the molecule is Cc1cccc(C(=O)N(C)Cc2ncc[nH]2)c1C. The molecule has 94 valence electrons. The normalized spacial score (nSPS) is 10.4. The second kappa shape index (κ2) is 5.04. The number of amides is 1. The molecule has 0 spiro atoms. The average molecular weight is 243 g/mol.